The van der Waals surface area contributed by atoms with Crippen molar-refractivity contribution >= 4 is 35.1 Å². The van der Waals surface area contributed by atoms with Crippen molar-refractivity contribution in [2.45, 2.75) is 32.2 Å². The van der Waals surface area contributed by atoms with Crippen molar-refractivity contribution in [3.63, 3.8) is 0 Å². The number of amides is 3. The lowest BCUT2D eigenvalue weighted by Crippen LogP contribution is -2.30. The first kappa shape index (κ1) is 21.8. The molecule has 0 saturated carbocycles. The van der Waals surface area contributed by atoms with Gasteiger partial charge in [-0.3, -0.25) is 24.0 Å². The van der Waals surface area contributed by atoms with Gasteiger partial charge in [-0.05, 0) is 36.6 Å². The second-order valence-electron chi connectivity index (χ2n) is 7.66. The Kier molecular flexibility index (Phi) is 6.66. The summed E-state index contributed by atoms with van der Waals surface area (Å²) in [6, 6.07) is 16.2. The van der Waals surface area contributed by atoms with E-state index in [1.165, 1.54) is 4.90 Å². The Labute approximate surface area is 191 Å². The van der Waals surface area contributed by atoms with Crippen LogP contribution in [0.25, 0.3) is 0 Å². The quantitative estimate of drug-likeness (QED) is 0.387. The fourth-order valence-corrected chi connectivity index (χ4v) is 3.89. The molecule has 0 fully saturated rings. The van der Waals surface area contributed by atoms with Crippen LogP contribution in [0.5, 0.6) is 0 Å². The number of nitrogens with zero attached hydrogens (tertiary/aromatic N) is 3. The fraction of sp³-hybridized carbons (Fsp3) is 0.250. The summed E-state index contributed by atoms with van der Waals surface area (Å²) in [4.78, 5) is 38.2. The molecule has 0 saturated heterocycles. The normalized spacial score (nSPS) is 12.8. The number of hydrogen-bond donors (Lipinski definition) is 1. The van der Waals surface area contributed by atoms with E-state index in [1.54, 1.807) is 41.2 Å². The molecular formula is C24H23ClN4O3. The van der Waals surface area contributed by atoms with Crippen LogP contribution in [0.3, 0.4) is 0 Å². The first-order valence-electron chi connectivity index (χ1n) is 10.5. The fourth-order valence-electron chi connectivity index (χ4n) is 3.70. The summed E-state index contributed by atoms with van der Waals surface area (Å²) >= 11 is 6.18. The van der Waals surface area contributed by atoms with E-state index in [1.807, 2.05) is 24.3 Å². The minimum Gasteiger partial charge on any atom is -0.309 e. The van der Waals surface area contributed by atoms with Gasteiger partial charge < -0.3 is 5.32 Å². The van der Waals surface area contributed by atoms with Gasteiger partial charge in [0.05, 0.1) is 17.7 Å². The number of hydrogen-bond acceptors (Lipinski definition) is 4. The molecule has 0 atom stereocenters. The zero-order chi connectivity index (χ0) is 22.5. The zero-order valence-corrected chi connectivity index (χ0v) is 18.2. The van der Waals surface area contributed by atoms with Crippen LogP contribution >= 0.6 is 11.6 Å². The van der Waals surface area contributed by atoms with E-state index in [4.69, 9.17) is 11.6 Å². The molecule has 4 rings (SSSR count). The summed E-state index contributed by atoms with van der Waals surface area (Å²) in [6.45, 7) is 0.883. The Balaban J connectivity index is 1.17. The Bertz CT molecular complexity index is 1120. The number of carbonyl (C=O) groups excluding carboxylic acids is 3. The summed E-state index contributed by atoms with van der Waals surface area (Å²) in [7, 11) is 0. The molecule has 2 heterocycles. The average molecular weight is 451 g/mol. The number of fused-ring (bicyclic) bond motifs is 1. The zero-order valence-electron chi connectivity index (χ0n) is 17.5. The number of unbranched alkanes of at least 4 members (excludes halogenated alkanes) is 2. The van der Waals surface area contributed by atoms with Gasteiger partial charge in [0.15, 0.2) is 5.82 Å². The number of nitrogens with one attached hydrogen (secondary N) is 1. The average Bonchev–Trinajstić information content (AvgIpc) is 3.32. The number of imide groups is 1. The molecule has 164 valence electrons. The highest BCUT2D eigenvalue weighted by atomic mass is 35.5. The number of carbonyl (C=O) groups is 3. The maximum absolute atomic E-state index is 12.3. The maximum atomic E-state index is 12.3. The smallest absolute Gasteiger partial charge is 0.261 e. The van der Waals surface area contributed by atoms with E-state index in [0.29, 0.717) is 54.3 Å². The van der Waals surface area contributed by atoms with Gasteiger partial charge in [-0.2, -0.15) is 5.10 Å². The molecule has 1 aliphatic rings. The summed E-state index contributed by atoms with van der Waals surface area (Å²) in [5.41, 5.74) is 1.88. The molecular weight excluding hydrogens is 428 g/mol. The Morgan fingerprint density at radius 1 is 0.906 bits per heavy atom. The van der Waals surface area contributed by atoms with Crippen LogP contribution in [0.1, 0.15) is 52.0 Å². The van der Waals surface area contributed by atoms with Crippen LogP contribution in [0, 0.1) is 0 Å². The standard InChI is InChI=1S/C24H23ClN4O3/c25-20-11-6-3-8-17(20)16-28-15-13-21(27-28)26-22(30)12-2-1-7-14-29-23(31)18-9-4-5-10-19(18)24(29)32/h3-6,8-11,13,15H,1-2,7,12,14,16H2,(H,26,27,30). The maximum Gasteiger partial charge on any atom is 0.261 e. The third-order valence-corrected chi connectivity index (χ3v) is 5.73. The lowest BCUT2D eigenvalue weighted by atomic mass is 10.1. The minimum absolute atomic E-state index is 0.117. The molecule has 2 aromatic carbocycles. The summed E-state index contributed by atoms with van der Waals surface area (Å²) < 4.78 is 1.72. The van der Waals surface area contributed by atoms with E-state index in [2.05, 4.69) is 10.4 Å². The molecule has 7 nitrogen and oxygen atoms in total. The van der Waals surface area contributed by atoms with Crippen molar-refractivity contribution in [1.82, 2.24) is 14.7 Å². The number of aromatic nitrogens is 2. The SMILES string of the molecule is O=C(CCCCCN1C(=O)c2ccccc2C1=O)Nc1ccn(Cc2ccccc2Cl)n1. The lowest BCUT2D eigenvalue weighted by molar-refractivity contribution is -0.116. The van der Waals surface area contributed by atoms with Gasteiger partial charge in [-0.25, -0.2) is 0 Å². The van der Waals surface area contributed by atoms with E-state index in [-0.39, 0.29) is 17.7 Å². The molecule has 0 spiro atoms. The van der Waals surface area contributed by atoms with Crippen molar-refractivity contribution < 1.29 is 14.4 Å². The van der Waals surface area contributed by atoms with Gasteiger partial charge in [-0.15, -0.1) is 0 Å². The van der Waals surface area contributed by atoms with Crippen molar-refractivity contribution in [3.8, 4) is 0 Å². The molecule has 3 aromatic rings. The third kappa shape index (κ3) is 4.89. The lowest BCUT2D eigenvalue weighted by Gasteiger charge is -2.13. The molecule has 32 heavy (non-hydrogen) atoms. The summed E-state index contributed by atoms with van der Waals surface area (Å²) in [5.74, 6) is -0.103. The first-order chi connectivity index (χ1) is 15.5. The number of benzene rings is 2. The molecule has 1 aromatic heterocycles. The van der Waals surface area contributed by atoms with Crippen LogP contribution < -0.4 is 5.32 Å². The highest BCUT2D eigenvalue weighted by Gasteiger charge is 2.34. The molecule has 0 unspecified atom stereocenters. The molecule has 1 N–H and O–H groups in total. The number of rotatable bonds is 9. The predicted octanol–water partition coefficient (Wildman–Crippen LogP) is 4.38. The topological polar surface area (TPSA) is 84.3 Å². The molecule has 0 bridgehead atoms. The predicted molar refractivity (Wildman–Crippen MR) is 122 cm³/mol. The van der Waals surface area contributed by atoms with Crippen LogP contribution in [-0.4, -0.2) is 38.9 Å². The van der Waals surface area contributed by atoms with Crippen LogP contribution in [0.4, 0.5) is 5.82 Å². The first-order valence-corrected chi connectivity index (χ1v) is 10.9. The summed E-state index contributed by atoms with van der Waals surface area (Å²) in [5, 5.41) is 7.84. The van der Waals surface area contributed by atoms with E-state index in [0.717, 1.165) is 12.0 Å². The molecule has 8 heteroatoms. The van der Waals surface area contributed by atoms with Crippen LogP contribution in [-0.2, 0) is 11.3 Å². The monoisotopic (exact) mass is 450 g/mol. The summed E-state index contributed by atoms with van der Waals surface area (Å²) in [6.07, 6.45) is 4.20. The Morgan fingerprint density at radius 3 is 2.31 bits per heavy atom. The third-order valence-electron chi connectivity index (χ3n) is 5.36. The minimum atomic E-state index is -0.240. The van der Waals surface area contributed by atoms with Crippen molar-refractivity contribution in [2.75, 3.05) is 11.9 Å². The van der Waals surface area contributed by atoms with Gasteiger partial charge in [0.25, 0.3) is 11.8 Å². The van der Waals surface area contributed by atoms with Gasteiger partial charge in [0.1, 0.15) is 0 Å². The van der Waals surface area contributed by atoms with E-state index < -0.39 is 0 Å². The van der Waals surface area contributed by atoms with Crippen molar-refractivity contribution in [2.24, 2.45) is 0 Å². The van der Waals surface area contributed by atoms with Crippen LogP contribution in [0.2, 0.25) is 5.02 Å². The second-order valence-corrected chi connectivity index (χ2v) is 8.06. The molecule has 0 aliphatic carbocycles. The van der Waals surface area contributed by atoms with E-state index in [9.17, 15) is 14.4 Å². The van der Waals surface area contributed by atoms with Gasteiger partial charge in [-0.1, -0.05) is 48.4 Å². The van der Waals surface area contributed by atoms with Gasteiger partial charge >= 0.3 is 0 Å². The Morgan fingerprint density at radius 2 is 1.59 bits per heavy atom. The van der Waals surface area contributed by atoms with Crippen LogP contribution in [0.15, 0.2) is 60.8 Å². The number of halogens is 1. The molecule has 1 aliphatic heterocycles. The highest BCUT2D eigenvalue weighted by Crippen LogP contribution is 2.23. The van der Waals surface area contributed by atoms with Gasteiger partial charge in [0, 0.05) is 30.3 Å². The highest BCUT2D eigenvalue weighted by molar-refractivity contribution is 6.31. The molecule has 3 amide bonds. The van der Waals surface area contributed by atoms with Crippen molar-refractivity contribution in [1.29, 1.82) is 0 Å². The van der Waals surface area contributed by atoms with Crippen molar-refractivity contribution in [3.05, 3.63) is 82.5 Å². The van der Waals surface area contributed by atoms with E-state index >= 15 is 0 Å². The van der Waals surface area contributed by atoms with Gasteiger partial charge in [0.2, 0.25) is 5.91 Å². The molecule has 0 radical (unpaired) electrons. The number of anilines is 1. The Hall–Kier alpha value is -3.45. The second kappa shape index (κ2) is 9.78. The largest absolute Gasteiger partial charge is 0.309 e.